The molecule has 0 aliphatic heterocycles. The van der Waals surface area contributed by atoms with E-state index in [9.17, 15) is 31.1 Å². The van der Waals surface area contributed by atoms with Crippen LogP contribution in [0.4, 0.5) is 32.0 Å². The molecule has 0 aliphatic carbocycles. The topological polar surface area (TPSA) is 54.1 Å². The molecule has 0 fully saturated rings. The van der Waals surface area contributed by atoms with Gasteiger partial charge in [-0.2, -0.15) is 13.2 Å². The molecule has 1 amide bonds. The van der Waals surface area contributed by atoms with Crippen molar-refractivity contribution in [2.45, 2.75) is 19.0 Å². The first-order chi connectivity index (χ1) is 13.6. The Morgan fingerprint density at radius 2 is 1.76 bits per heavy atom. The van der Waals surface area contributed by atoms with Crippen LogP contribution in [-0.2, 0) is 0 Å². The van der Waals surface area contributed by atoms with Gasteiger partial charge in [0.05, 0.1) is 17.8 Å². The van der Waals surface area contributed by atoms with Crippen molar-refractivity contribution in [3.8, 4) is 5.75 Å². The zero-order valence-electron chi connectivity index (χ0n) is 14.7. The highest BCUT2D eigenvalue weighted by Crippen LogP contribution is 2.27. The molecule has 0 atom stereocenters. The third-order valence-electron chi connectivity index (χ3n) is 4.03. The summed E-state index contributed by atoms with van der Waals surface area (Å²) in [5.74, 6) is -4.07. The second-order valence-corrected chi connectivity index (χ2v) is 6.18. The molecule has 0 unspecified atom stereocenters. The first-order valence-corrected chi connectivity index (χ1v) is 8.40. The molecule has 0 saturated carbocycles. The van der Waals surface area contributed by atoms with Crippen molar-refractivity contribution in [1.29, 1.82) is 0 Å². The molecule has 3 rings (SSSR count). The minimum atomic E-state index is -4.32. The molecule has 0 spiro atoms. The fourth-order valence-electron chi connectivity index (χ4n) is 2.63. The van der Waals surface area contributed by atoms with Crippen molar-refractivity contribution in [2.24, 2.45) is 0 Å². The fraction of sp³-hybridized carbons (Fsp3) is 0.211. The zero-order chi connectivity index (χ0) is 21.2. The summed E-state index contributed by atoms with van der Waals surface area (Å²) in [6.45, 7) is -0.334. The van der Waals surface area contributed by atoms with Crippen molar-refractivity contribution in [3.05, 3.63) is 59.5 Å². The summed E-state index contributed by atoms with van der Waals surface area (Å²) < 4.78 is 82.0. The lowest BCUT2D eigenvalue weighted by molar-refractivity contribution is -0.136. The van der Waals surface area contributed by atoms with Crippen molar-refractivity contribution >= 4 is 22.5 Å². The Labute approximate surface area is 160 Å². The summed E-state index contributed by atoms with van der Waals surface area (Å²) in [6, 6.07) is 5.07. The number of rotatable bonds is 6. The van der Waals surface area contributed by atoms with E-state index in [-0.39, 0.29) is 40.9 Å². The number of halogens is 6. The Hall–Kier alpha value is -3.17. The number of hydrogen-bond acceptors (Lipinski definition) is 2. The number of fused-ring (bicyclic) bond motifs is 1. The van der Waals surface area contributed by atoms with Gasteiger partial charge in [-0.1, -0.05) is 0 Å². The lowest BCUT2D eigenvalue weighted by Gasteiger charge is -2.10. The Bertz CT molecular complexity index is 1050. The number of carbonyl (C=O) groups excluding carboxylic acids is 1. The largest absolute Gasteiger partial charge is 0.491 e. The smallest absolute Gasteiger partial charge is 0.389 e. The molecule has 0 aliphatic rings. The van der Waals surface area contributed by atoms with Gasteiger partial charge in [-0.3, -0.25) is 4.79 Å². The van der Waals surface area contributed by atoms with E-state index in [1.54, 1.807) is 0 Å². The maximum absolute atomic E-state index is 14.1. The van der Waals surface area contributed by atoms with Crippen LogP contribution >= 0.6 is 0 Å². The van der Waals surface area contributed by atoms with Gasteiger partial charge in [0.1, 0.15) is 0 Å². The maximum Gasteiger partial charge on any atom is 0.389 e. The number of nitrogens with one attached hydrogen (secondary N) is 2. The van der Waals surface area contributed by atoms with Crippen LogP contribution in [0.15, 0.2) is 36.5 Å². The highest BCUT2D eigenvalue weighted by Gasteiger charge is 2.26. The number of alkyl halides is 3. The summed E-state index contributed by atoms with van der Waals surface area (Å²) in [7, 11) is 0. The lowest BCUT2D eigenvalue weighted by atomic mass is 10.1. The van der Waals surface area contributed by atoms with Crippen molar-refractivity contribution in [2.75, 3.05) is 11.9 Å². The Balaban J connectivity index is 1.67. The van der Waals surface area contributed by atoms with Gasteiger partial charge in [-0.05, 0) is 30.7 Å². The lowest BCUT2D eigenvalue weighted by Crippen LogP contribution is -2.12. The van der Waals surface area contributed by atoms with Crippen LogP contribution < -0.4 is 10.1 Å². The van der Waals surface area contributed by atoms with Crippen LogP contribution in [-0.4, -0.2) is 23.7 Å². The summed E-state index contributed by atoms with van der Waals surface area (Å²) in [5.41, 5.74) is 0.326. The molecule has 10 heteroatoms. The minimum absolute atomic E-state index is 0.0953. The number of H-pyrrole nitrogens is 1. The summed E-state index contributed by atoms with van der Waals surface area (Å²) in [4.78, 5) is 15.0. The van der Waals surface area contributed by atoms with Gasteiger partial charge in [0.15, 0.2) is 23.2 Å². The first-order valence-electron chi connectivity index (χ1n) is 8.40. The third-order valence-corrected chi connectivity index (χ3v) is 4.03. The van der Waals surface area contributed by atoms with E-state index in [0.29, 0.717) is 0 Å². The van der Waals surface area contributed by atoms with Gasteiger partial charge in [0, 0.05) is 29.6 Å². The van der Waals surface area contributed by atoms with Crippen LogP contribution in [0.25, 0.3) is 10.9 Å². The second kappa shape index (κ2) is 8.06. The van der Waals surface area contributed by atoms with Crippen LogP contribution in [0, 0.1) is 17.5 Å². The number of aromatic nitrogens is 1. The molecular formula is C19H14F6N2O2. The van der Waals surface area contributed by atoms with Gasteiger partial charge >= 0.3 is 6.18 Å². The molecule has 29 heavy (non-hydrogen) atoms. The Morgan fingerprint density at radius 3 is 2.45 bits per heavy atom. The molecular weight excluding hydrogens is 402 g/mol. The van der Waals surface area contributed by atoms with Gasteiger partial charge in [0.2, 0.25) is 0 Å². The molecule has 0 saturated heterocycles. The van der Waals surface area contributed by atoms with Gasteiger partial charge in [-0.15, -0.1) is 0 Å². The monoisotopic (exact) mass is 416 g/mol. The molecule has 4 nitrogen and oxygen atoms in total. The average molecular weight is 416 g/mol. The van der Waals surface area contributed by atoms with Crippen LogP contribution in [0.2, 0.25) is 0 Å². The number of carbonyl (C=O) groups is 1. The highest BCUT2D eigenvalue weighted by atomic mass is 19.4. The van der Waals surface area contributed by atoms with Crippen molar-refractivity contribution in [1.82, 2.24) is 4.98 Å². The van der Waals surface area contributed by atoms with E-state index in [1.807, 2.05) is 0 Å². The number of amides is 1. The molecule has 154 valence electrons. The van der Waals surface area contributed by atoms with E-state index < -0.39 is 36.0 Å². The molecule has 2 aromatic carbocycles. The number of ether oxygens (including phenoxy) is 1. The van der Waals surface area contributed by atoms with E-state index in [2.05, 4.69) is 10.3 Å². The van der Waals surface area contributed by atoms with Crippen LogP contribution in [0.3, 0.4) is 0 Å². The van der Waals surface area contributed by atoms with E-state index in [0.717, 1.165) is 24.3 Å². The normalized spacial score (nSPS) is 11.7. The van der Waals surface area contributed by atoms with Gasteiger partial charge < -0.3 is 15.0 Å². The quantitative estimate of drug-likeness (QED) is 0.408. The average Bonchev–Trinajstić information content (AvgIpc) is 3.01. The predicted octanol–water partition coefficient (Wildman–Crippen LogP) is 5.56. The zero-order valence-corrected chi connectivity index (χ0v) is 14.7. The molecule has 0 radical (unpaired) electrons. The number of anilines is 1. The summed E-state index contributed by atoms with van der Waals surface area (Å²) >= 11 is 0. The number of aromatic amines is 1. The van der Waals surface area contributed by atoms with Crippen LogP contribution in [0.5, 0.6) is 5.75 Å². The third kappa shape index (κ3) is 5.01. The predicted molar refractivity (Wildman–Crippen MR) is 93.4 cm³/mol. The maximum atomic E-state index is 14.1. The van der Waals surface area contributed by atoms with Crippen molar-refractivity contribution < 1.29 is 35.9 Å². The Morgan fingerprint density at radius 1 is 1.03 bits per heavy atom. The highest BCUT2D eigenvalue weighted by molar-refractivity contribution is 6.09. The molecule has 1 heterocycles. The molecule has 2 N–H and O–H groups in total. The number of hydrogen-bond donors (Lipinski definition) is 2. The van der Waals surface area contributed by atoms with Gasteiger partial charge in [-0.25, -0.2) is 13.2 Å². The van der Waals surface area contributed by atoms with E-state index in [1.165, 1.54) is 12.3 Å². The minimum Gasteiger partial charge on any atom is -0.491 e. The molecule has 1 aromatic heterocycles. The van der Waals surface area contributed by atoms with E-state index in [4.69, 9.17) is 4.74 Å². The Kier molecular flexibility index (Phi) is 5.71. The van der Waals surface area contributed by atoms with Crippen LogP contribution in [0.1, 0.15) is 23.2 Å². The standard InChI is InChI=1S/C19H14F6N2O2/c20-12-7-11-15(8-13(12)21)26-9-16(11)27-18(28)10-2-3-17(14(22)6-10)29-5-1-4-19(23,24)25/h2-3,6-9,26H,1,4-5H2,(H,27,28). The SMILES string of the molecule is O=C(Nc1c[nH]c2cc(F)c(F)cc12)c1ccc(OCCCC(F)(F)F)c(F)c1. The van der Waals surface area contributed by atoms with Gasteiger partial charge in [0.25, 0.3) is 5.91 Å². The second-order valence-electron chi connectivity index (χ2n) is 6.18. The molecule has 0 bridgehead atoms. The van der Waals surface area contributed by atoms with E-state index >= 15 is 0 Å². The fourth-order valence-corrected chi connectivity index (χ4v) is 2.63. The first kappa shape index (κ1) is 20.6. The summed E-state index contributed by atoms with van der Waals surface area (Å²) in [5, 5.41) is 2.68. The number of benzene rings is 2. The molecule has 3 aromatic rings. The summed E-state index contributed by atoms with van der Waals surface area (Å²) in [6.07, 6.45) is -4.37. The van der Waals surface area contributed by atoms with Crippen molar-refractivity contribution in [3.63, 3.8) is 0 Å².